The van der Waals surface area contributed by atoms with Gasteiger partial charge in [-0.3, -0.25) is 4.79 Å². The van der Waals surface area contributed by atoms with Crippen molar-refractivity contribution in [1.82, 2.24) is 0 Å². The van der Waals surface area contributed by atoms with Crippen molar-refractivity contribution in [3.05, 3.63) is 28.8 Å². The second kappa shape index (κ2) is 5.47. The Morgan fingerprint density at radius 3 is 2.65 bits per heavy atom. The Morgan fingerprint density at radius 1 is 1.20 bits per heavy atom. The third-order valence-corrected chi connectivity index (χ3v) is 4.76. The number of rotatable bonds is 4. The Labute approximate surface area is 119 Å². The van der Waals surface area contributed by atoms with E-state index in [4.69, 9.17) is 0 Å². The van der Waals surface area contributed by atoms with Gasteiger partial charge in [0.25, 0.3) is 0 Å². The Hall–Kier alpha value is -1.51. The molecule has 0 heterocycles. The molecule has 3 nitrogen and oxygen atoms in total. The monoisotopic (exact) mass is 274 g/mol. The molecular formula is C17H22O3. The number of fused-ring (bicyclic) bond motifs is 1. The van der Waals surface area contributed by atoms with E-state index in [0.717, 1.165) is 37.7 Å². The van der Waals surface area contributed by atoms with Gasteiger partial charge in [0.2, 0.25) is 0 Å². The Balaban J connectivity index is 2.03. The van der Waals surface area contributed by atoms with Gasteiger partial charge in [-0.15, -0.1) is 0 Å². The zero-order valence-electron chi connectivity index (χ0n) is 11.8. The van der Waals surface area contributed by atoms with E-state index in [1.807, 2.05) is 6.07 Å². The van der Waals surface area contributed by atoms with Crippen LogP contribution < -0.4 is 0 Å². The Morgan fingerprint density at radius 2 is 1.95 bits per heavy atom. The van der Waals surface area contributed by atoms with Gasteiger partial charge < -0.3 is 10.2 Å². The van der Waals surface area contributed by atoms with E-state index in [2.05, 4.69) is 0 Å². The molecule has 1 unspecified atom stereocenters. The van der Waals surface area contributed by atoms with Crippen LogP contribution in [0.15, 0.2) is 12.1 Å². The molecule has 0 aromatic heterocycles. The van der Waals surface area contributed by atoms with Gasteiger partial charge in [0, 0.05) is 11.5 Å². The number of aryl methyl sites for hydroxylation is 1. The van der Waals surface area contributed by atoms with E-state index in [1.165, 1.54) is 24.0 Å². The number of aliphatic carboxylic acids is 1. The van der Waals surface area contributed by atoms with Gasteiger partial charge in [-0.25, -0.2) is 0 Å². The van der Waals surface area contributed by atoms with Crippen LogP contribution in [-0.4, -0.2) is 16.2 Å². The zero-order valence-corrected chi connectivity index (χ0v) is 11.8. The molecule has 1 aromatic rings. The average Bonchev–Trinajstić information content (AvgIpc) is 3.23. The Kier molecular flexibility index (Phi) is 3.68. The Bertz CT molecular complexity index is 517. The molecule has 0 bridgehead atoms. The highest BCUT2D eigenvalue weighted by atomic mass is 16.4. The number of carboxylic acid groups (broad SMARTS) is 1. The molecule has 2 aliphatic rings. The number of hydrogen-bond donors (Lipinski definition) is 2. The van der Waals surface area contributed by atoms with Crippen LogP contribution in [0.5, 0.6) is 5.75 Å². The molecule has 0 radical (unpaired) electrons. The lowest BCUT2D eigenvalue weighted by molar-refractivity contribution is -0.137. The van der Waals surface area contributed by atoms with Crippen molar-refractivity contribution in [2.75, 3.05) is 0 Å². The number of benzene rings is 1. The highest BCUT2D eigenvalue weighted by Crippen LogP contribution is 2.49. The lowest BCUT2D eigenvalue weighted by atomic mass is 9.83. The minimum atomic E-state index is -0.757. The van der Waals surface area contributed by atoms with E-state index in [1.54, 1.807) is 6.07 Å². The van der Waals surface area contributed by atoms with Gasteiger partial charge >= 0.3 is 5.97 Å². The van der Waals surface area contributed by atoms with E-state index in [9.17, 15) is 15.0 Å². The van der Waals surface area contributed by atoms with Crippen molar-refractivity contribution >= 4 is 5.97 Å². The number of aromatic hydroxyl groups is 1. The topological polar surface area (TPSA) is 57.5 Å². The summed E-state index contributed by atoms with van der Waals surface area (Å²) in [7, 11) is 0. The van der Waals surface area contributed by atoms with Gasteiger partial charge in [0.05, 0.1) is 6.42 Å². The first-order valence-electron chi connectivity index (χ1n) is 7.72. The van der Waals surface area contributed by atoms with Crippen molar-refractivity contribution in [2.45, 2.75) is 57.3 Å². The van der Waals surface area contributed by atoms with Crippen LogP contribution in [0, 0.1) is 5.92 Å². The molecule has 2 N–H and O–H groups in total. The van der Waals surface area contributed by atoms with Gasteiger partial charge in [-0.1, -0.05) is 12.5 Å². The highest BCUT2D eigenvalue weighted by molar-refractivity contribution is 5.69. The molecule has 0 spiro atoms. The maximum Gasteiger partial charge on any atom is 0.303 e. The van der Waals surface area contributed by atoms with Crippen molar-refractivity contribution in [3.63, 3.8) is 0 Å². The molecule has 108 valence electrons. The third-order valence-electron chi connectivity index (χ3n) is 4.76. The normalized spacial score (nSPS) is 20.0. The summed E-state index contributed by atoms with van der Waals surface area (Å²) in [4.78, 5) is 11.2. The fourth-order valence-electron chi connectivity index (χ4n) is 3.63. The van der Waals surface area contributed by atoms with Crippen LogP contribution >= 0.6 is 0 Å². The molecule has 0 amide bonds. The predicted octanol–water partition coefficient (Wildman–Crippen LogP) is 3.63. The van der Waals surface area contributed by atoms with Crippen molar-refractivity contribution in [2.24, 2.45) is 5.92 Å². The number of phenols is 1. The molecule has 3 heteroatoms. The molecule has 20 heavy (non-hydrogen) atoms. The fourth-order valence-corrected chi connectivity index (χ4v) is 3.63. The maximum absolute atomic E-state index is 11.2. The first-order valence-corrected chi connectivity index (χ1v) is 7.72. The quantitative estimate of drug-likeness (QED) is 0.824. The summed E-state index contributed by atoms with van der Waals surface area (Å²) in [5, 5.41) is 19.5. The van der Waals surface area contributed by atoms with Crippen LogP contribution in [0.2, 0.25) is 0 Å². The lowest BCUT2D eigenvalue weighted by Gasteiger charge is -2.22. The molecule has 3 rings (SSSR count). The zero-order chi connectivity index (χ0) is 14.1. The standard InChI is InChI=1S/C17H22O3/c18-15-9-8-11-4-2-1-3-5-13(11)17(15)14(10-16(19)20)12-6-7-12/h8-9,12,14,18H,1-7,10H2,(H,19,20). The molecule has 1 aromatic carbocycles. The minimum absolute atomic E-state index is 0.000509. The van der Waals surface area contributed by atoms with Crippen LogP contribution in [0.4, 0.5) is 0 Å². The highest BCUT2D eigenvalue weighted by Gasteiger charge is 2.36. The molecule has 0 aliphatic heterocycles. The summed E-state index contributed by atoms with van der Waals surface area (Å²) >= 11 is 0. The molecule has 2 aliphatic carbocycles. The SMILES string of the molecule is O=C(O)CC(c1c(O)ccc2c1CCCCC2)C1CC1. The summed E-state index contributed by atoms with van der Waals surface area (Å²) in [6, 6.07) is 3.81. The summed E-state index contributed by atoms with van der Waals surface area (Å²) in [5.74, 6) is 0.00336. The van der Waals surface area contributed by atoms with Gasteiger partial charge in [0.15, 0.2) is 0 Å². The lowest BCUT2D eigenvalue weighted by Crippen LogP contribution is -2.12. The number of carbonyl (C=O) groups is 1. The molecular weight excluding hydrogens is 252 g/mol. The van der Waals surface area contributed by atoms with Crippen molar-refractivity contribution < 1.29 is 15.0 Å². The predicted molar refractivity (Wildman–Crippen MR) is 77.1 cm³/mol. The summed E-state index contributed by atoms with van der Waals surface area (Å²) in [6.07, 6.45) is 7.96. The van der Waals surface area contributed by atoms with Crippen LogP contribution in [0.1, 0.15) is 61.1 Å². The summed E-state index contributed by atoms with van der Waals surface area (Å²) in [5.41, 5.74) is 3.53. The van der Waals surface area contributed by atoms with Crippen molar-refractivity contribution in [1.29, 1.82) is 0 Å². The molecule has 1 saturated carbocycles. The van der Waals surface area contributed by atoms with Crippen LogP contribution in [0.3, 0.4) is 0 Å². The second-order valence-electron chi connectivity index (χ2n) is 6.24. The molecule has 1 atom stereocenters. The van der Waals surface area contributed by atoms with Gasteiger partial charge in [0.1, 0.15) is 5.75 Å². The molecule has 0 saturated heterocycles. The largest absolute Gasteiger partial charge is 0.508 e. The maximum atomic E-state index is 11.2. The average molecular weight is 274 g/mol. The number of hydrogen-bond acceptors (Lipinski definition) is 2. The van der Waals surface area contributed by atoms with E-state index in [0.29, 0.717) is 11.7 Å². The second-order valence-corrected chi connectivity index (χ2v) is 6.24. The smallest absolute Gasteiger partial charge is 0.303 e. The first-order chi connectivity index (χ1) is 9.66. The summed E-state index contributed by atoms with van der Waals surface area (Å²) in [6.45, 7) is 0. The number of phenolic OH excluding ortho intramolecular Hbond substituents is 1. The van der Waals surface area contributed by atoms with Crippen molar-refractivity contribution in [3.8, 4) is 5.75 Å². The van der Waals surface area contributed by atoms with Crippen LogP contribution in [-0.2, 0) is 17.6 Å². The van der Waals surface area contributed by atoms with E-state index in [-0.39, 0.29) is 12.3 Å². The third kappa shape index (κ3) is 2.67. The first kappa shape index (κ1) is 13.5. The van der Waals surface area contributed by atoms with Crippen LogP contribution in [0.25, 0.3) is 0 Å². The number of carboxylic acids is 1. The summed E-state index contributed by atoms with van der Waals surface area (Å²) < 4.78 is 0. The van der Waals surface area contributed by atoms with Gasteiger partial charge in [-0.05, 0) is 61.6 Å². The molecule has 1 fully saturated rings. The minimum Gasteiger partial charge on any atom is -0.508 e. The van der Waals surface area contributed by atoms with E-state index < -0.39 is 5.97 Å². The van der Waals surface area contributed by atoms with Gasteiger partial charge in [-0.2, -0.15) is 0 Å². The fraction of sp³-hybridized carbons (Fsp3) is 0.588. The van der Waals surface area contributed by atoms with E-state index >= 15 is 0 Å².